The van der Waals surface area contributed by atoms with Crippen LogP contribution in [-0.2, 0) is 11.2 Å². The van der Waals surface area contributed by atoms with E-state index >= 15 is 0 Å². The van der Waals surface area contributed by atoms with Crippen molar-refractivity contribution in [2.24, 2.45) is 11.7 Å². The van der Waals surface area contributed by atoms with E-state index in [1.165, 1.54) is 0 Å². The van der Waals surface area contributed by atoms with E-state index in [-0.39, 0.29) is 30.5 Å². The highest BCUT2D eigenvalue weighted by molar-refractivity contribution is 5.76. The van der Waals surface area contributed by atoms with Gasteiger partial charge in [-0.1, -0.05) is 44.2 Å². The van der Waals surface area contributed by atoms with Gasteiger partial charge in [0, 0.05) is 12.5 Å². The lowest BCUT2D eigenvalue weighted by molar-refractivity contribution is -0.122. The number of aliphatic hydroxyl groups is 1. The van der Waals surface area contributed by atoms with Crippen LogP contribution in [0.4, 0.5) is 0 Å². The fraction of sp³-hybridized carbons (Fsp3) is 0.533. The molecule has 0 spiro atoms. The summed E-state index contributed by atoms with van der Waals surface area (Å²) in [4.78, 5) is 11.8. The normalized spacial score (nSPS) is 14.2. The number of amides is 1. The summed E-state index contributed by atoms with van der Waals surface area (Å²) in [7, 11) is 0. The summed E-state index contributed by atoms with van der Waals surface area (Å²) in [5, 5.41) is 12.2. The number of nitrogens with two attached hydrogens (primary N) is 1. The first-order valence-electron chi connectivity index (χ1n) is 6.72. The maximum absolute atomic E-state index is 11.8. The number of carbonyl (C=O) groups excluding carboxylic acids is 1. The number of nitrogens with one attached hydrogen (secondary N) is 1. The third kappa shape index (κ3) is 5.85. The van der Waals surface area contributed by atoms with Crippen molar-refractivity contribution in [1.29, 1.82) is 0 Å². The lowest BCUT2D eigenvalue weighted by Crippen LogP contribution is -2.42. The zero-order valence-corrected chi connectivity index (χ0v) is 11.7. The molecule has 0 saturated carbocycles. The first-order chi connectivity index (χ1) is 9.02. The molecule has 0 fully saturated rings. The van der Waals surface area contributed by atoms with Gasteiger partial charge in [-0.2, -0.15) is 0 Å². The molecule has 1 amide bonds. The Morgan fingerprint density at radius 2 is 1.95 bits per heavy atom. The maximum atomic E-state index is 11.8. The van der Waals surface area contributed by atoms with Crippen LogP contribution in [0.15, 0.2) is 30.3 Å². The maximum Gasteiger partial charge on any atom is 0.221 e. The van der Waals surface area contributed by atoms with Crippen LogP contribution >= 0.6 is 0 Å². The average Bonchev–Trinajstić information content (AvgIpc) is 2.38. The summed E-state index contributed by atoms with van der Waals surface area (Å²) in [6.07, 6.45) is 0.920. The molecule has 4 heteroatoms. The van der Waals surface area contributed by atoms with Gasteiger partial charge < -0.3 is 16.2 Å². The second-order valence-electron chi connectivity index (χ2n) is 5.25. The first kappa shape index (κ1) is 15.7. The monoisotopic (exact) mass is 264 g/mol. The van der Waals surface area contributed by atoms with Crippen molar-refractivity contribution in [3.05, 3.63) is 35.9 Å². The van der Waals surface area contributed by atoms with Gasteiger partial charge in [-0.25, -0.2) is 0 Å². The number of hydrogen-bond donors (Lipinski definition) is 3. The first-order valence-corrected chi connectivity index (χ1v) is 6.72. The predicted molar refractivity (Wildman–Crippen MR) is 76.6 cm³/mol. The molecule has 19 heavy (non-hydrogen) atoms. The third-order valence-corrected chi connectivity index (χ3v) is 3.19. The summed E-state index contributed by atoms with van der Waals surface area (Å²) in [6, 6.07) is 9.40. The lowest BCUT2D eigenvalue weighted by Gasteiger charge is -2.19. The van der Waals surface area contributed by atoms with Crippen molar-refractivity contribution in [2.45, 2.75) is 38.8 Å². The van der Waals surface area contributed by atoms with E-state index in [1.807, 2.05) is 44.2 Å². The SMILES string of the molecule is CC(C)C(N)CC(=O)N[C@H](CO)Cc1ccccc1. The molecule has 4 nitrogen and oxygen atoms in total. The zero-order chi connectivity index (χ0) is 14.3. The molecule has 0 saturated heterocycles. The Hall–Kier alpha value is -1.39. The molecule has 0 aliphatic carbocycles. The molecule has 0 aromatic heterocycles. The van der Waals surface area contributed by atoms with Gasteiger partial charge in [0.1, 0.15) is 0 Å². The van der Waals surface area contributed by atoms with Gasteiger partial charge in [0.25, 0.3) is 0 Å². The highest BCUT2D eigenvalue weighted by Crippen LogP contribution is 2.05. The molecule has 0 aliphatic rings. The second kappa shape index (κ2) is 7.92. The Kier molecular flexibility index (Phi) is 6.53. The summed E-state index contributed by atoms with van der Waals surface area (Å²) < 4.78 is 0. The smallest absolute Gasteiger partial charge is 0.221 e. The molecular formula is C15H24N2O2. The molecule has 0 bridgehead atoms. The average molecular weight is 264 g/mol. The topological polar surface area (TPSA) is 75.4 Å². The fourth-order valence-electron chi connectivity index (χ4n) is 1.80. The minimum atomic E-state index is -0.255. The van der Waals surface area contributed by atoms with Crippen LogP contribution < -0.4 is 11.1 Å². The number of aliphatic hydroxyl groups excluding tert-OH is 1. The van der Waals surface area contributed by atoms with E-state index in [0.29, 0.717) is 12.8 Å². The summed E-state index contributed by atoms with van der Waals surface area (Å²) >= 11 is 0. The van der Waals surface area contributed by atoms with Crippen molar-refractivity contribution < 1.29 is 9.90 Å². The largest absolute Gasteiger partial charge is 0.394 e. The molecule has 0 heterocycles. The minimum absolute atomic E-state index is 0.0719. The van der Waals surface area contributed by atoms with Crippen molar-refractivity contribution >= 4 is 5.91 Å². The molecule has 1 unspecified atom stereocenters. The Morgan fingerprint density at radius 1 is 1.32 bits per heavy atom. The van der Waals surface area contributed by atoms with Crippen LogP contribution in [-0.4, -0.2) is 29.7 Å². The van der Waals surface area contributed by atoms with E-state index in [4.69, 9.17) is 5.73 Å². The van der Waals surface area contributed by atoms with Gasteiger partial charge >= 0.3 is 0 Å². The van der Waals surface area contributed by atoms with Gasteiger partial charge in [-0.05, 0) is 17.9 Å². The third-order valence-electron chi connectivity index (χ3n) is 3.19. The van der Waals surface area contributed by atoms with E-state index in [2.05, 4.69) is 5.32 Å². The van der Waals surface area contributed by atoms with Crippen LogP contribution in [0, 0.1) is 5.92 Å². The molecule has 2 atom stereocenters. The standard InChI is InChI=1S/C15H24N2O2/c1-11(2)14(16)9-15(19)17-13(10-18)8-12-6-4-3-5-7-12/h3-7,11,13-14,18H,8-10,16H2,1-2H3,(H,17,19)/t13-,14?/m0/s1. The van der Waals surface area contributed by atoms with Crippen LogP contribution in [0.2, 0.25) is 0 Å². The van der Waals surface area contributed by atoms with Crippen molar-refractivity contribution in [1.82, 2.24) is 5.32 Å². The summed E-state index contributed by atoms with van der Waals surface area (Å²) in [5.41, 5.74) is 6.96. The molecule has 0 aliphatic heterocycles. The van der Waals surface area contributed by atoms with Gasteiger partial charge in [0.2, 0.25) is 5.91 Å². The number of rotatable bonds is 7. The molecule has 4 N–H and O–H groups in total. The molecular weight excluding hydrogens is 240 g/mol. The fourth-order valence-corrected chi connectivity index (χ4v) is 1.80. The number of benzene rings is 1. The minimum Gasteiger partial charge on any atom is -0.394 e. The van der Waals surface area contributed by atoms with Crippen molar-refractivity contribution in [3.63, 3.8) is 0 Å². The molecule has 1 aromatic carbocycles. The Balaban J connectivity index is 2.46. The summed E-state index contributed by atoms with van der Waals surface area (Å²) in [5.74, 6) is 0.170. The highest BCUT2D eigenvalue weighted by atomic mass is 16.3. The molecule has 1 rings (SSSR count). The second-order valence-corrected chi connectivity index (χ2v) is 5.25. The van der Waals surface area contributed by atoms with Gasteiger partial charge in [-0.15, -0.1) is 0 Å². The zero-order valence-electron chi connectivity index (χ0n) is 11.7. The quantitative estimate of drug-likeness (QED) is 0.690. The van der Waals surface area contributed by atoms with Crippen molar-refractivity contribution in [2.75, 3.05) is 6.61 Å². The van der Waals surface area contributed by atoms with E-state index < -0.39 is 0 Å². The van der Waals surface area contributed by atoms with Gasteiger partial charge in [0.05, 0.1) is 12.6 Å². The van der Waals surface area contributed by atoms with Gasteiger partial charge in [-0.3, -0.25) is 4.79 Å². The van der Waals surface area contributed by atoms with E-state index in [0.717, 1.165) is 5.56 Å². The van der Waals surface area contributed by atoms with E-state index in [1.54, 1.807) is 0 Å². The highest BCUT2D eigenvalue weighted by Gasteiger charge is 2.16. The van der Waals surface area contributed by atoms with Crippen molar-refractivity contribution in [3.8, 4) is 0 Å². The van der Waals surface area contributed by atoms with Crippen LogP contribution in [0.5, 0.6) is 0 Å². The molecule has 1 aromatic rings. The van der Waals surface area contributed by atoms with Crippen LogP contribution in [0.1, 0.15) is 25.8 Å². The molecule has 0 radical (unpaired) electrons. The van der Waals surface area contributed by atoms with Crippen LogP contribution in [0.3, 0.4) is 0 Å². The van der Waals surface area contributed by atoms with E-state index in [9.17, 15) is 9.90 Å². The molecule has 106 valence electrons. The number of hydrogen-bond acceptors (Lipinski definition) is 3. The lowest BCUT2D eigenvalue weighted by atomic mass is 10.0. The van der Waals surface area contributed by atoms with Gasteiger partial charge in [0.15, 0.2) is 0 Å². The Labute approximate surface area is 115 Å². The van der Waals surface area contributed by atoms with Crippen LogP contribution in [0.25, 0.3) is 0 Å². The summed E-state index contributed by atoms with van der Waals surface area (Å²) in [6.45, 7) is 3.91. The Morgan fingerprint density at radius 3 is 2.47 bits per heavy atom. The predicted octanol–water partition coefficient (Wildman–Crippen LogP) is 1.08. The Bertz CT molecular complexity index is 379. The number of carbonyl (C=O) groups is 1.